The van der Waals surface area contributed by atoms with E-state index in [0.717, 1.165) is 16.8 Å². The molecule has 1 atom stereocenters. The van der Waals surface area contributed by atoms with Crippen LogP contribution >= 0.6 is 0 Å². The van der Waals surface area contributed by atoms with Gasteiger partial charge in [0.15, 0.2) is 0 Å². The number of H-pyrrole nitrogens is 1. The van der Waals surface area contributed by atoms with E-state index in [2.05, 4.69) is 16.4 Å². The summed E-state index contributed by atoms with van der Waals surface area (Å²) in [6, 6.07) is 17.6. The molecule has 0 fully saturated rings. The number of carbonyl (C=O) groups excluding carboxylic acids is 1. The molecule has 1 aliphatic heterocycles. The van der Waals surface area contributed by atoms with Crippen molar-refractivity contribution in [3.05, 3.63) is 71.4 Å². The average molecular weight is 335 g/mol. The molecule has 1 aromatic heterocycles. The van der Waals surface area contributed by atoms with E-state index in [1.807, 2.05) is 48.5 Å². The molecule has 2 aromatic carbocycles. The van der Waals surface area contributed by atoms with Crippen molar-refractivity contribution < 1.29 is 9.90 Å². The molecule has 0 spiro atoms. The normalized spacial score (nSPS) is 16.7. The highest BCUT2D eigenvalue weighted by atomic mass is 16.3. The number of aromatic nitrogens is 1. The number of amides is 2. The molecule has 0 radical (unpaired) electrons. The first-order chi connectivity index (χ1) is 12.3. The second kappa shape index (κ2) is 6.61. The molecule has 25 heavy (non-hydrogen) atoms. The van der Waals surface area contributed by atoms with Gasteiger partial charge in [0.1, 0.15) is 0 Å². The molecule has 3 aromatic rings. The molecule has 5 nitrogen and oxygen atoms in total. The van der Waals surface area contributed by atoms with Crippen LogP contribution in [0.15, 0.2) is 54.6 Å². The minimum Gasteiger partial charge on any atom is -0.394 e. The van der Waals surface area contributed by atoms with Gasteiger partial charge in [0, 0.05) is 23.1 Å². The summed E-state index contributed by atoms with van der Waals surface area (Å²) in [5.74, 6) is 0. The van der Waals surface area contributed by atoms with Gasteiger partial charge in [-0.15, -0.1) is 0 Å². The van der Waals surface area contributed by atoms with Gasteiger partial charge in [0.25, 0.3) is 0 Å². The van der Waals surface area contributed by atoms with Crippen molar-refractivity contribution in [2.24, 2.45) is 0 Å². The zero-order valence-electron chi connectivity index (χ0n) is 13.9. The molecular weight excluding hydrogens is 314 g/mol. The smallest absolute Gasteiger partial charge is 0.318 e. The molecule has 0 bridgehead atoms. The summed E-state index contributed by atoms with van der Waals surface area (Å²) in [6.07, 6.45) is 0.661. The molecule has 5 heteroatoms. The van der Waals surface area contributed by atoms with Gasteiger partial charge in [-0.3, -0.25) is 0 Å². The van der Waals surface area contributed by atoms with E-state index in [1.165, 1.54) is 10.9 Å². The fraction of sp³-hybridized carbons (Fsp3) is 0.250. The maximum atomic E-state index is 12.7. The first kappa shape index (κ1) is 15.7. The van der Waals surface area contributed by atoms with E-state index in [-0.39, 0.29) is 18.7 Å². The van der Waals surface area contributed by atoms with Crippen molar-refractivity contribution in [2.45, 2.75) is 25.6 Å². The van der Waals surface area contributed by atoms with Crippen molar-refractivity contribution in [1.82, 2.24) is 15.2 Å². The SMILES string of the molecule is O=C(NCc1ccccc1)N1Cc2[nH]c3ccccc3c2CC1CO. The summed E-state index contributed by atoms with van der Waals surface area (Å²) in [5.41, 5.74) is 4.40. The third kappa shape index (κ3) is 2.98. The number of aliphatic hydroxyl groups is 1. The second-order valence-corrected chi connectivity index (χ2v) is 6.44. The van der Waals surface area contributed by atoms with Crippen molar-refractivity contribution in [3.8, 4) is 0 Å². The van der Waals surface area contributed by atoms with E-state index >= 15 is 0 Å². The van der Waals surface area contributed by atoms with E-state index < -0.39 is 0 Å². The Balaban J connectivity index is 1.54. The number of benzene rings is 2. The fourth-order valence-electron chi connectivity index (χ4n) is 3.55. The van der Waals surface area contributed by atoms with Gasteiger partial charge in [0.2, 0.25) is 0 Å². The van der Waals surface area contributed by atoms with Crippen molar-refractivity contribution in [2.75, 3.05) is 6.61 Å². The van der Waals surface area contributed by atoms with Crippen molar-refractivity contribution >= 4 is 16.9 Å². The van der Waals surface area contributed by atoms with Gasteiger partial charge in [-0.2, -0.15) is 0 Å². The Morgan fingerprint density at radius 3 is 2.72 bits per heavy atom. The van der Waals surface area contributed by atoms with Crippen LogP contribution in [0.5, 0.6) is 0 Å². The zero-order valence-corrected chi connectivity index (χ0v) is 13.9. The zero-order chi connectivity index (χ0) is 17.2. The number of rotatable bonds is 3. The predicted octanol–water partition coefficient (Wildman–Crippen LogP) is 2.80. The summed E-state index contributed by atoms with van der Waals surface area (Å²) in [7, 11) is 0. The van der Waals surface area contributed by atoms with Crippen LogP contribution in [-0.2, 0) is 19.5 Å². The maximum absolute atomic E-state index is 12.7. The number of aromatic amines is 1. The quantitative estimate of drug-likeness (QED) is 0.689. The largest absolute Gasteiger partial charge is 0.394 e. The van der Waals surface area contributed by atoms with Crippen LogP contribution in [-0.4, -0.2) is 33.7 Å². The minimum absolute atomic E-state index is 0.0439. The summed E-state index contributed by atoms with van der Waals surface area (Å²) in [6.45, 7) is 0.918. The van der Waals surface area contributed by atoms with Crippen LogP contribution in [0.3, 0.4) is 0 Å². The number of para-hydroxylation sites is 1. The third-order valence-electron chi connectivity index (χ3n) is 4.87. The molecule has 3 N–H and O–H groups in total. The van der Waals surface area contributed by atoms with Crippen molar-refractivity contribution in [3.63, 3.8) is 0 Å². The first-order valence-corrected chi connectivity index (χ1v) is 8.54. The third-order valence-corrected chi connectivity index (χ3v) is 4.87. The molecule has 0 saturated heterocycles. The lowest BCUT2D eigenvalue weighted by molar-refractivity contribution is 0.120. The molecule has 128 valence electrons. The van der Waals surface area contributed by atoms with Gasteiger partial charge in [-0.1, -0.05) is 48.5 Å². The van der Waals surface area contributed by atoms with Crippen LogP contribution in [0.4, 0.5) is 4.79 Å². The Kier molecular flexibility index (Phi) is 4.15. The fourth-order valence-corrected chi connectivity index (χ4v) is 3.55. The number of fused-ring (bicyclic) bond motifs is 3. The standard InChI is InChI=1S/C20H21N3O2/c24-13-15-10-17-16-8-4-5-9-18(16)22-19(17)12-23(15)20(25)21-11-14-6-2-1-3-7-14/h1-9,15,22,24H,10-13H2,(H,21,25). The summed E-state index contributed by atoms with van der Waals surface area (Å²) < 4.78 is 0. The average Bonchev–Trinajstić information content (AvgIpc) is 3.03. The number of urea groups is 1. The Morgan fingerprint density at radius 2 is 1.92 bits per heavy atom. The Bertz CT molecular complexity index is 888. The van der Waals surface area contributed by atoms with Gasteiger partial charge in [-0.25, -0.2) is 4.79 Å². The highest BCUT2D eigenvalue weighted by Crippen LogP contribution is 2.30. The number of aliphatic hydroxyl groups excluding tert-OH is 1. The lowest BCUT2D eigenvalue weighted by atomic mass is 9.97. The molecule has 2 amide bonds. The number of hydrogen-bond donors (Lipinski definition) is 3. The topological polar surface area (TPSA) is 68.4 Å². The minimum atomic E-state index is -0.206. The Morgan fingerprint density at radius 1 is 1.16 bits per heavy atom. The Hall–Kier alpha value is -2.79. The number of hydrogen-bond acceptors (Lipinski definition) is 2. The summed E-state index contributed by atoms with van der Waals surface area (Å²) in [4.78, 5) is 17.8. The highest BCUT2D eigenvalue weighted by Gasteiger charge is 2.31. The number of nitrogens with one attached hydrogen (secondary N) is 2. The summed E-state index contributed by atoms with van der Waals surface area (Å²) >= 11 is 0. The molecular formula is C20H21N3O2. The predicted molar refractivity (Wildman–Crippen MR) is 97.1 cm³/mol. The van der Waals surface area contributed by atoms with Gasteiger partial charge >= 0.3 is 6.03 Å². The number of nitrogens with zero attached hydrogens (tertiary/aromatic N) is 1. The molecule has 4 rings (SSSR count). The molecule has 0 saturated carbocycles. The van der Waals surface area contributed by atoms with Gasteiger partial charge in [0.05, 0.1) is 19.2 Å². The van der Waals surface area contributed by atoms with Crippen molar-refractivity contribution in [1.29, 1.82) is 0 Å². The van der Waals surface area contributed by atoms with Crippen LogP contribution in [0.2, 0.25) is 0 Å². The first-order valence-electron chi connectivity index (χ1n) is 8.54. The van der Waals surface area contributed by atoms with E-state index in [0.29, 0.717) is 19.5 Å². The van der Waals surface area contributed by atoms with Gasteiger partial charge in [-0.05, 0) is 23.6 Å². The molecule has 1 unspecified atom stereocenters. The van der Waals surface area contributed by atoms with Crippen LogP contribution < -0.4 is 5.32 Å². The van der Waals surface area contributed by atoms with Crippen LogP contribution in [0.1, 0.15) is 16.8 Å². The lowest BCUT2D eigenvalue weighted by Crippen LogP contribution is -2.50. The summed E-state index contributed by atoms with van der Waals surface area (Å²) in [5, 5.41) is 13.9. The molecule has 1 aliphatic rings. The van der Waals surface area contributed by atoms with E-state index in [4.69, 9.17) is 0 Å². The highest BCUT2D eigenvalue weighted by molar-refractivity contribution is 5.85. The molecule has 0 aliphatic carbocycles. The van der Waals surface area contributed by atoms with Gasteiger partial charge < -0.3 is 20.3 Å². The number of carbonyl (C=O) groups is 1. The Labute approximate surface area is 146 Å². The van der Waals surface area contributed by atoms with Crippen LogP contribution in [0.25, 0.3) is 10.9 Å². The van der Waals surface area contributed by atoms with E-state index in [1.54, 1.807) is 4.90 Å². The van der Waals surface area contributed by atoms with E-state index in [9.17, 15) is 9.90 Å². The second-order valence-electron chi connectivity index (χ2n) is 6.44. The maximum Gasteiger partial charge on any atom is 0.318 e. The monoisotopic (exact) mass is 335 g/mol. The lowest BCUT2D eigenvalue weighted by Gasteiger charge is -2.34. The van der Waals surface area contributed by atoms with Crippen LogP contribution in [0, 0.1) is 0 Å². The molecule has 2 heterocycles.